The monoisotopic (exact) mass is 244 g/mol. The topological polar surface area (TPSA) is 6.48 Å². The van der Waals surface area contributed by atoms with Crippen LogP contribution in [0, 0.1) is 13.8 Å². The summed E-state index contributed by atoms with van der Waals surface area (Å²) >= 11 is 0. The molecular formula is C16H24N2. The lowest BCUT2D eigenvalue weighted by Crippen LogP contribution is -2.36. The Bertz CT molecular complexity index is 427. The van der Waals surface area contributed by atoms with Gasteiger partial charge >= 0.3 is 0 Å². The lowest BCUT2D eigenvalue weighted by molar-refractivity contribution is 0.273. The highest BCUT2D eigenvalue weighted by Crippen LogP contribution is 2.27. The molecule has 2 heteroatoms. The lowest BCUT2D eigenvalue weighted by atomic mass is 10.1. The van der Waals surface area contributed by atoms with Gasteiger partial charge in [-0.05, 0) is 56.8 Å². The summed E-state index contributed by atoms with van der Waals surface area (Å²) < 4.78 is 0. The van der Waals surface area contributed by atoms with Crippen LogP contribution in [0.5, 0.6) is 0 Å². The molecule has 0 aliphatic carbocycles. The number of nitrogens with zero attached hydrogens (tertiary/aromatic N) is 2. The molecule has 2 aliphatic rings. The molecule has 0 bridgehead atoms. The van der Waals surface area contributed by atoms with E-state index in [1.165, 1.54) is 62.3 Å². The number of anilines is 1. The molecule has 3 rings (SSSR count). The fraction of sp³-hybridized carbons (Fsp3) is 0.625. The highest BCUT2D eigenvalue weighted by atomic mass is 15.3. The number of fused-ring (bicyclic) bond motifs is 1. The fourth-order valence-corrected chi connectivity index (χ4v) is 3.49. The van der Waals surface area contributed by atoms with Crippen molar-refractivity contribution < 1.29 is 0 Å². The SMILES string of the molecule is Cc1ccc(C)c(N2CCCN3CCCC3C2)c1. The highest BCUT2D eigenvalue weighted by molar-refractivity contribution is 5.55. The highest BCUT2D eigenvalue weighted by Gasteiger charge is 2.29. The van der Waals surface area contributed by atoms with Gasteiger partial charge in [-0.3, -0.25) is 4.90 Å². The molecule has 2 fully saturated rings. The van der Waals surface area contributed by atoms with Gasteiger partial charge in [-0.15, -0.1) is 0 Å². The van der Waals surface area contributed by atoms with Crippen molar-refractivity contribution in [2.24, 2.45) is 0 Å². The Hall–Kier alpha value is -1.02. The van der Waals surface area contributed by atoms with Gasteiger partial charge in [0.05, 0.1) is 0 Å². The summed E-state index contributed by atoms with van der Waals surface area (Å²) in [5.74, 6) is 0. The number of hydrogen-bond acceptors (Lipinski definition) is 2. The number of benzene rings is 1. The molecule has 98 valence electrons. The fourth-order valence-electron chi connectivity index (χ4n) is 3.49. The zero-order valence-electron chi connectivity index (χ0n) is 11.7. The molecular weight excluding hydrogens is 220 g/mol. The van der Waals surface area contributed by atoms with Gasteiger partial charge in [0.15, 0.2) is 0 Å². The van der Waals surface area contributed by atoms with Crippen LogP contribution in [0.25, 0.3) is 0 Å². The molecule has 2 heterocycles. The van der Waals surface area contributed by atoms with E-state index >= 15 is 0 Å². The zero-order chi connectivity index (χ0) is 12.5. The van der Waals surface area contributed by atoms with E-state index in [0.717, 1.165) is 6.04 Å². The van der Waals surface area contributed by atoms with Crippen molar-refractivity contribution in [1.82, 2.24) is 4.90 Å². The van der Waals surface area contributed by atoms with Crippen molar-refractivity contribution in [1.29, 1.82) is 0 Å². The molecule has 0 radical (unpaired) electrons. The van der Waals surface area contributed by atoms with Crippen LogP contribution in [0.1, 0.15) is 30.4 Å². The Balaban J connectivity index is 1.84. The van der Waals surface area contributed by atoms with Crippen molar-refractivity contribution in [3.05, 3.63) is 29.3 Å². The summed E-state index contributed by atoms with van der Waals surface area (Å²) in [5.41, 5.74) is 4.26. The van der Waals surface area contributed by atoms with E-state index in [9.17, 15) is 0 Å². The average molecular weight is 244 g/mol. The van der Waals surface area contributed by atoms with E-state index < -0.39 is 0 Å². The Morgan fingerprint density at radius 1 is 1.06 bits per heavy atom. The van der Waals surface area contributed by atoms with E-state index in [2.05, 4.69) is 41.8 Å². The first kappa shape index (κ1) is 12.0. The van der Waals surface area contributed by atoms with Crippen LogP contribution >= 0.6 is 0 Å². The largest absolute Gasteiger partial charge is 0.370 e. The summed E-state index contributed by atoms with van der Waals surface area (Å²) in [5, 5.41) is 0. The van der Waals surface area contributed by atoms with E-state index in [1.54, 1.807) is 0 Å². The maximum absolute atomic E-state index is 2.70. The lowest BCUT2D eigenvalue weighted by Gasteiger charge is -2.28. The minimum Gasteiger partial charge on any atom is -0.370 e. The van der Waals surface area contributed by atoms with Gasteiger partial charge in [0.1, 0.15) is 0 Å². The predicted molar refractivity (Wildman–Crippen MR) is 77.3 cm³/mol. The molecule has 0 aromatic heterocycles. The molecule has 0 spiro atoms. The Labute approximate surface area is 111 Å². The van der Waals surface area contributed by atoms with Crippen LogP contribution in [0.3, 0.4) is 0 Å². The third-order valence-corrected chi connectivity index (χ3v) is 4.51. The smallest absolute Gasteiger partial charge is 0.0399 e. The van der Waals surface area contributed by atoms with Crippen LogP contribution in [0.15, 0.2) is 18.2 Å². The van der Waals surface area contributed by atoms with Gasteiger partial charge in [-0.25, -0.2) is 0 Å². The van der Waals surface area contributed by atoms with E-state index in [-0.39, 0.29) is 0 Å². The first-order valence-electron chi connectivity index (χ1n) is 7.30. The second kappa shape index (κ2) is 4.93. The van der Waals surface area contributed by atoms with Gasteiger partial charge in [-0.2, -0.15) is 0 Å². The Morgan fingerprint density at radius 2 is 1.89 bits per heavy atom. The molecule has 1 unspecified atom stereocenters. The molecule has 1 atom stereocenters. The first-order chi connectivity index (χ1) is 8.74. The van der Waals surface area contributed by atoms with Crippen LogP contribution < -0.4 is 4.90 Å². The van der Waals surface area contributed by atoms with Crippen LogP contribution in [0.4, 0.5) is 5.69 Å². The van der Waals surface area contributed by atoms with Crippen molar-refractivity contribution >= 4 is 5.69 Å². The van der Waals surface area contributed by atoms with Crippen LogP contribution in [-0.2, 0) is 0 Å². The molecule has 2 nitrogen and oxygen atoms in total. The standard InChI is InChI=1S/C16H24N2/c1-13-6-7-14(2)16(11-13)18-10-4-9-17-8-3-5-15(17)12-18/h6-7,11,15H,3-5,8-10,12H2,1-2H3. The molecule has 0 N–H and O–H groups in total. The quantitative estimate of drug-likeness (QED) is 0.749. The third kappa shape index (κ3) is 2.26. The minimum atomic E-state index is 0.799. The van der Waals surface area contributed by atoms with Crippen molar-refractivity contribution in [2.45, 2.75) is 39.2 Å². The Morgan fingerprint density at radius 3 is 2.78 bits per heavy atom. The molecule has 2 aliphatic heterocycles. The molecule has 1 aromatic rings. The van der Waals surface area contributed by atoms with Gasteiger partial charge in [0.25, 0.3) is 0 Å². The van der Waals surface area contributed by atoms with Crippen LogP contribution in [-0.4, -0.2) is 37.1 Å². The average Bonchev–Trinajstić information content (AvgIpc) is 2.70. The van der Waals surface area contributed by atoms with E-state index in [0.29, 0.717) is 0 Å². The summed E-state index contributed by atoms with van der Waals surface area (Å²) in [6.07, 6.45) is 4.09. The Kier molecular flexibility index (Phi) is 3.29. The third-order valence-electron chi connectivity index (χ3n) is 4.51. The minimum absolute atomic E-state index is 0.799. The van der Waals surface area contributed by atoms with E-state index in [1.807, 2.05) is 0 Å². The molecule has 0 amide bonds. The van der Waals surface area contributed by atoms with Gasteiger partial charge < -0.3 is 4.90 Å². The van der Waals surface area contributed by atoms with Gasteiger partial charge in [0.2, 0.25) is 0 Å². The molecule has 18 heavy (non-hydrogen) atoms. The molecule has 1 aromatic carbocycles. The summed E-state index contributed by atoms with van der Waals surface area (Å²) in [4.78, 5) is 5.32. The second-order valence-electron chi connectivity index (χ2n) is 5.92. The summed E-state index contributed by atoms with van der Waals surface area (Å²) in [6.45, 7) is 9.51. The normalized spacial score (nSPS) is 25.0. The summed E-state index contributed by atoms with van der Waals surface area (Å²) in [6, 6.07) is 7.65. The zero-order valence-corrected chi connectivity index (χ0v) is 11.7. The maximum Gasteiger partial charge on any atom is 0.0399 e. The van der Waals surface area contributed by atoms with Gasteiger partial charge in [0, 0.05) is 31.4 Å². The van der Waals surface area contributed by atoms with Crippen molar-refractivity contribution in [3.8, 4) is 0 Å². The molecule has 2 saturated heterocycles. The van der Waals surface area contributed by atoms with Gasteiger partial charge in [-0.1, -0.05) is 12.1 Å². The number of rotatable bonds is 1. The van der Waals surface area contributed by atoms with Crippen molar-refractivity contribution in [3.63, 3.8) is 0 Å². The van der Waals surface area contributed by atoms with Crippen LogP contribution in [0.2, 0.25) is 0 Å². The first-order valence-corrected chi connectivity index (χ1v) is 7.30. The maximum atomic E-state index is 2.70. The number of hydrogen-bond donors (Lipinski definition) is 0. The predicted octanol–water partition coefficient (Wildman–Crippen LogP) is 2.98. The van der Waals surface area contributed by atoms with E-state index in [4.69, 9.17) is 0 Å². The second-order valence-corrected chi connectivity index (χ2v) is 5.92. The number of aryl methyl sites for hydroxylation is 2. The van der Waals surface area contributed by atoms with Crippen molar-refractivity contribution in [2.75, 3.05) is 31.1 Å². The summed E-state index contributed by atoms with van der Waals surface area (Å²) in [7, 11) is 0. The molecule has 0 saturated carbocycles.